The second-order valence-electron chi connectivity index (χ2n) is 4.88. The molecule has 0 radical (unpaired) electrons. The predicted molar refractivity (Wildman–Crippen MR) is 80.9 cm³/mol. The van der Waals surface area contributed by atoms with Crippen molar-refractivity contribution in [1.29, 1.82) is 0 Å². The molecule has 0 aliphatic rings. The van der Waals surface area contributed by atoms with E-state index in [2.05, 4.69) is 25.6 Å². The Morgan fingerprint density at radius 2 is 2.30 bits per heavy atom. The fraction of sp³-hybridized carbons (Fsp3) is 0.357. The van der Waals surface area contributed by atoms with E-state index in [-0.39, 0.29) is 5.91 Å². The van der Waals surface area contributed by atoms with Crippen molar-refractivity contribution in [3.8, 4) is 0 Å². The standard InChI is InChI=1S/C14H17N7O2/c1-23-8-7-20-10-17-19-13(20)5-6-15-14(22)11-3-2-4-12-16-9-18-21(11)12/h2-4,9-10H,5-8H2,1H3,(H,15,22). The van der Waals surface area contributed by atoms with E-state index in [4.69, 9.17) is 4.74 Å². The van der Waals surface area contributed by atoms with Crippen LogP contribution in [0.1, 0.15) is 16.3 Å². The van der Waals surface area contributed by atoms with Gasteiger partial charge < -0.3 is 14.6 Å². The van der Waals surface area contributed by atoms with Crippen molar-refractivity contribution in [2.24, 2.45) is 0 Å². The molecule has 23 heavy (non-hydrogen) atoms. The number of ether oxygens (including phenoxy) is 1. The van der Waals surface area contributed by atoms with Gasteiger partial charge in [-0.1, -0.05) is 6.07 Å². The van der Waals surface area contributed by atoms with E-state index in [1.165, 1.54) is 10.8 Å². The van der Waals surface area contributed by atoms with Crippen LogP contribution >= 0.6 is 0 Å². The molecule has 0 aromatic carbocycles. The summed E-state index contributed by atoms with van der Waals surface area (Å²) in [5.74, 6) is 0.602. The highest BCUT2D eigenvalue weighted by atomic mass is 16.5. The third-order valence-electron chi connectivity index (χ3n) is 3.40. The molecule has 3 heterocycles. The third kappa shape index (κ3) is 3.34. The van der Waals surface area contributed by atoms with Gasteiger partial charge in [0.2, 0.25) is 0 Å². The monoisotopic (exact) mass is 315 g/mol. The maximum atomic E-state index is 12.3. The highest BCUT2D eigenvalue weighted by Gasteiger charge is 2.11. The number of nitrogens with zero attached hydrogens (tertiary/aromatic N) is 6. The van der Waals surface area contributed by atoms with Crippen molar-refractivity contribution in [3.63, 3.8) is 0 Å². The molecule has 0 saturated heterocycles. The highest BCUT2D eigenvalue weighted by Crippen LogP contribution is 2.03. The second kappa shape index (κ2) is 6.97. The number of carbonyl (C=O) groups is 1. The Morgan fingerprint density at radius 1 is 1.39 bits per heavy atom. The summed E-state index contributed by atoms with van der Waals surface area (Å²) in [6.07, 6.45) is 3.67. The van der Waals surface area contributed by atoms with Crippen molar-refractivity contribution in [1.82, 2.24) is 34.7 Å². The van der Waals surface area contributed by atoms with Gasteiger partial charge in [-0.05, 0) is 12.1 Å². The van der Waals surface area contributed by atoms with Gasteiger partial charge in [0.05, 0.1) is 6.61 Å². The van der Waals surface area contributed by atoms with Crippen molar-refractivity contribution >= 4 is 11.6 Å². The topological polar surface area (TPSA) is 99.2 Å². The quantitative estimate of drug-likeness (QED) is 0.656. The minimum atomic E-state index is -0.205. The van der Waals surface area contributed by atoms with E-state index in [0.29, 0.717) is 37.5 Å². The van der Waals surface area contributed by atoms with Crippen molar-refractivity contribution in [2.75, 3.05) is 20.3 Å². The summed E-state index contributed by atoms with van der Waals surface area (Å²) in [6.45, 7) is 1.73. The number of hydrogen-bond donors (Lipinski definition) is 1. The zero-order valence-corrected chi connectivity index (χ0v) is 12.7. The summed E-state index contributed by atoms with van der Waals surface area (Å²) in [6, 6.07) is 5.28. The Labute approximate surface area is 132 Å². The van der Waals surface area contributed by atoms with Gasteiger partial charge in [0.1, 0.15) is 24.2 Å². The molecular formula is C14H17N7O2. The third-order valence-corrected chi connectivity index (χ3v) is 3.40. The molecule has 3 aromatic rings. The lowest BCUT2D eigenvalue weighted by Gasteiger charge is -2.08. The molecule has 0 aliphatic carbocycles. The largest absolute Gasteiger partial charge is 0.383 e. The van der Waals surface area contributed by atoms with Crippen LogP contribution in [0.3, 0.4) is 0 Å². The van der Waals surface area contributed by atoms with Gasteiger partial charge in [-0.2, -0.15) is 5.10 Å². The number of nitrogens with one attached hydrogen (secondary N) is 1. The lowest BCUT2D eigenvalue weighted by atomic mass is 10.3. The normalized spacial score (nSPS) is 11.0. The van der Waals surface area contributed by atoms with Crippen LogP contribution in [0, 0.1) is 0 Å². The molecule has 0 bridgehead atoms. The lowest BCUT2D eigenvalue weighted by Crippen LogP contribution is -2.28. The predicted octanol–water partition coefficient (Wildman–Crippen LogP) is -0.0603. The van der Waals surface area contributed by atoms with Crippen LogP contribution in [0.5, 0.6) is 0 Å². The van der Waals surface area contributed by atoms with Gasteiger partial charge in [-0.15, -0.1) is 10.2 Å². The molecule has 0 aliphatic heterocycles. The van der Waals surface area contributed by atoms with Crippen LogP contribution in [0.2, 0.25) is 0 Å². The fourth-order valence-corrected chi connectivity index (χ4v) is 2.24. The average Bonchev–Trinajstić information content (AvgIpc) is 3.21. The average molecular weight is 315 g/mol. The molecule has 0 fully saturated rings. The second-order valence-corrected chi connectivity index (χ2v) is 4.88. The van der Waals surface area contributed by atoms with E-state index >= 15 is 0 Å². The van der Waals surface area contributed by atoms with Gasteiger partial charge in [-0.25, -0.2) is 9.50 Å². The summed E-state index contributed by atoms with van der Waals surface area (Å²) in [7, 11) is 1.65. The minimum Gasteiger partial charge on any atom is -0.383 e. The number of rotatable bonds is 7. The Morgan fingerprint density at radius 3 is 3.17 bits per heavy atom. The van der Waals surface area contributed by atoms with E-state index in [0.717, 1.165) is 5.82 Å². The number of methoxy groups -OCH3 is 1. The molecule has 0 unspecified atom stereocenters. The maximum absolute atomic E-state index is 12.3. The molecule has 0 atom stereocenters. The number of hydrogen-bond acceptors (Lipinski definition) is 6. The molecule has 3 aromatic heterocycles. The molecule has 0 saturated carbocycles. The number of aromatic nitrogens is 6. The summed E-state index contributed by atoms with van der Waals surface area (Å²) in [4.78, 5) is 16.3. The molecule has 1 N–H and O–H groups in total. The number of fused-ring (bicyclic) bond motifs is 1. The summed E-state index contributed by atoms with van der Waals surface area (Å²) in [5.41, 5.74) is 1.08. The van der Waals surface area contributed by atoms with Crippen LogP contribution in [0.25, 0.3) is 5.65 Å². The number of carbonyl (C=O) groups excluding carboxylic acids is 1. The van der Waals surface area contributed by atoms with E-state index in [9.17, 15) is 4.79 Å². The highest BCUT2D eigenvalue weighted by molar-refractivity contribution is 5.93. The first kappa shape index (κ1) is 15.1. The van der Waals surface area contributed by atoms with Crippen LogP contribution < -0.4 is 5.32 Å². The molecule has 9 heteroatoms. The first-order valence-electron chi connectivity index (χ1n) is 7.22. The summed E-state index contributed by atoms with van der Waals surface area (Å²) < 4.78 is 8.46. The van der Waals surface area contributed by atoms with Gasteiger partial charge in [0, 0.05) is 26.6 Å². The zero-order chi connectivity index (χ0) is 16.1. The Balaban J connectivity index is 1.60. The number of amides is 1. The zero-order valence-electron chi connectivity index (χ0n) is 12.7. The van der Waals surface area contributed by atoms with Crippen molar-refractivity contribution in [2.45, 2.75) is 13.0 Å². The summed E-state index contributed by atoms with van der Waals surface area (Å²) in [5, 5.41) is 14.9. The molecule has 1 amide bonds. The summed E-state index contributed by atoms with van der Waals surface area (Å²) >= 11 is 0. The Bertz CT molecular complexity index is 795. The molecule has 120 valence electrons. The van der Waals surface area contributed by atoms with Gasteiger partial charge in [0.25, 0.3) is 5.91 Å². The Kier molecular flexibility index (Phi) is 4.57. The lowest BCUT2D eigenvalue weighted by molar-refractivity contribution is 0.0946. The smallest absolute Gasteiger partial charge is 0.270 e. The number of pyridine rings is 1. The van der Waals surface area contributed by atoms with Crippen LogP contribution in [-0.2, 0) is 17.7 Å². The van der Waals surface area contributed by atoms with Crippen molar-refractivity contribution in [3.05, 3.63) is 42.4 Å². The van der Waals surface area contributed by atoms with Crippen LogP contribution in [-0.4, -0.2) is 55.5 Å². The van der Waals surface area contributed by atoms with Gasteiger partial charge in [-0.3, -0.25) is 4.79 Å². The Hall–Kier alpha value is -2.81. The van der Waals surface area contributed by atoms with Crippen LogP contribution in [0.15, 0.2) is 30.9 Å². The maximum Gasteiger partial charge on any atom is 0.270 e. The van der Waals surface area contributed by atoms with E-state index < -0.39 is 0 Å². The minimum absolute atomic E-state index is 0.205. The molecule has 9 nitrogen and oxygen atoms in total. The van der Waals surface area contributed by atoms with Crippen molar-refractivity contribution < 1.29 is 9.53 Å². The first-order chi connectivity index (χ1) is 11.3. The SMILES string of the molecule is COCCn1cnnc1CCNC(=O)c1cccc2ncnn12. The molecule has 0 spiro atoms. The first-order valence-corrected chi connectivity index (χ1v) is 7.22. The van der Waals surface area contributed by atoms with Gasteiger partial charge >= 0.3 is 0 Å². The van der Waals surface area contributed by atoms with Gasteiger partial charge in [0.15, 0.2) is 5.65 Å². The van der Waals surface area contributed by atoms with E-state index in [1.807, 2.05) is 4.57 Å². The van der Waals surface area contributed by atoms with Crippen LogP contribution in [0.4, 0.5) is 0 Å². The fourth-order valence-electron chi connectivity index (χ4n) is 2.24. The molecular weight excluding hydrogens is 298 g/mol. The molecule has 3 rings (SSSR count). The van der Waals surface area contributed by atoms with E-state index in [1.54, 1.807) is 31.6 Å².